The molecule has 110 valence electrons. The number of hydrogen-bond donors (Lipinski definition) is 1. The first-order valence-electron chi connectivity index (χ1n) is 6.72. The van der Waals surface area contributed by atoms with Gasteiger partial charge >= 0.3 is 5.97 Å². The minimum atomic E-state index is -0.894. The lowest BCUT2D eigenvalue weighted by molar-refractivity contribution is 0.0696. The van der Waals surface area contributed by atoms with E-state index in [1.807, 2.05) is 44.3 Å². The Hall–Kier alpha value is -1.84. The summed E-state index contributed by atoms with van der Waals surface area (Å²) in [6, 6.07) is 13.0. The van der Waals surface area contributed by atoms with E-state index in [1.165, 1.54) is 0 Å². The van der Waals surface area contributed by atoms with E-state index in [2.05, 4.69) is 4.90 Å². The van der Waals surface area contributed by atoms with Gasteiger partial charge in [0.05, 0.1) is 5.56 Å². The molecule has 0 amide bonds. The second-order valence-electron chi connectivity index (χ2n) is 5.21. The lowest BCUT2D eigenvalue weighted by Crippen LogP contribution is -2.18. The summed E-state index contributed by atoms with van der Waals surface area (Å²) in [4.78, 5) is 13.1. The molecule has 3 nitrogen and oxygen atoms in total. The molecule has 0 heterocycles. The van der Waals surface area contributed by atoms with Gasteiger partial charge in [-0.3, -0.25) is 4.90 Å². The molecule has 0 unspecified atom stereocenters. The second kappa shape index (κ2) is 6.74. The fraction of sp³-hybridized carbons (Fsp3) is 0.235. The summed E-state index contributed by atoms with van der Waals surface area (Å²) in [6.45, 7) is 3.43. The van der Waals surface area contributed by atoms with Crippen LogP contribution in [-0.2, 0) is 13.1 Å². The van der Waals surface area contributed by atoms with Gasteiger partial charge in [0.25, 0.3) is 0 Å². The maximum atomic E-state index is 10.9. The summed E-state index contributed by atoms with van der Waals surface area (Å²) in [6.07, 6.45) is 0. The van der Waals surface area contributed by atoms with Crippen LogP contribution in [0, 0.1) is 6.92 Å². The van der Waals surface area contributed by atoms with Crippen LogP contribution in [0.4, 0.5) is 0 Å². The normalized spacial score (nSPS) is 10.9. The number of halogens is 1. The third-order valence-corrected chi connectivity index (χ3v) is 3.80. The third-order valence-electron chi connectivity index (χ3n) is 3.43. The van der Waals surface area contributed by atoms with Crippen molar-refractivity contribution >= 4 is 17.6 Å². The van der Waals surface area contributed by atoms with Crippen molar-refractivity contribution < 1.29 is 9.90 Å². The van der Waals surface area contributed by atoms with Crippen LogP contribution in [0.1, 0.15) is 27.0 Å². The molecule has 0 bridgehead atoms. The summed E-state index contributed by atoms with van der Waals surface area (Å²) < 4.78 is 0. The quantitative estimate of drug-likeness (QED) is 0.908. The van der Waals surface area contributed by atoms with Gasteiger partial charge < -0.3 is 5.11 Å². The van der Waals surface area contributed by atoms with Crippen LogP contribution in [-0.4, -0.2) is 23.0 Å². The molecule has 21 heavy (non-hydrogen) atoms. The van der Waals surface area contributed by atoms with Crippen molar-refractivity contribution in [1.82, 2.24) is 4.90 Å². The van der Waals surface area contributed by atoms with Crippen molar-refractivity contribution in [2.45, 2.75) is 20.0 Å². The average molecular weight is 304 g/mol. The van der Waals surface area contributed by atoms with Gasteiger partial charge in [-0.25, -0.2) is 4.79 Å². The van der Waals surface area contributed by atoms with E-state index in [4.69, 9.17) is 16.7 Å². The minimum absolute atomic E-state index is 0.324. The van der Waals surface area contributed by atoms with Crippen LogP contribution in [0.15, 0.2) is 42.5 Å². The molecule has 2 rings (SSSR count). The van der Waals surface area contributed by atoms with Gasteiger partial charge in [-0.15, -0.1) is 0 Å². The third kappa shape index (κ3) is 4.06. The summed E-state index contributed by atoms with van der Waals surface area (Å²) >= 11 is 6.17. The highest BCUT2D eigenvalue weighted by molar-refractivity contribution is 6.31. The van der Waals surface area contributed by atoms with Crippen LogP contribution in [0.3, 0.4) is 0 Å². The summed E-state index contributed by atoms with van der Waals surface area (Å²) in [7, 11) is 2.02. The Kier molecular flexibility index (Phi) is 4.99. The highest BCUT2D eigenvalue weighted by atomic mass is 35.5. The van der Waals surface area contributed by atoms with Crippen molar-refractivity contribution in [3.05, 3.63) is 69.7 Å². The molecule has 0 fully saturated rings. The van der Waals surface area contributed by atoms with Gasteiger partial charge in [0.2, 0.25) is 0 Å². The molecule has 2 aromatic rings. The monoisotopic (exact) mass is 303 g/mol. The number of aryl methyl sites for hydroxylation is 1. The van der Waals surface area contributed by atoms with Gasteiger partial charge in [-0.1, -0.05) is 35.9 Å². The van der Waals surface area contributed by atoms with Crippen molar-refractivity contribution in [1.29, 1.82) is 0 Å². The van der Waals surface area contributed by atoms with Gasteiger partial charge in [0, 0.05) is 18.1 Å². The van der Waals surface area contributed by atoms with Crippen molar-refractivity contribution in [2.75, 3.05) is 7.05 Å². The molecule has 0 aliphatic rings. The Morgan fingerprint density at radius 3 is 2.43 bits per heavy atom. The lowest BCUT2D eigenvalue weighted by atomic mass is 10.0. The van der Waals surface area contributed by atoms with E-state index in [-0.39, 0.29) is 0 Å². The first-order valence-corrected chi connectivity index (χ1v) is 7.10. The number of benzene rings is 2. The van der Waals surface area contributed by atoms with Crippen LogP contribution < -0.4 is 0 Å². The Bertz CT molecular complexity index is 655. The van der Waals surface area contributed by atoms with E-state index in [0.717, 1.165) is 34.8 Å². The predicted octanol–water partition coefficient (Wildman–Crippen LogP) is 3.98. The predicted molar refractivity (Wildman–Crippen MR) is 84.8 cm³/mol. The fourth-order valence-electron chi connectivity index (χ4n) is 2.27. The number of hydrogen-bond acceptors (Lipinski definition) is 2. The Morgan fingerprint density at radius 2 is 1.81 bits per heavy atom. The Balaban J connectivity index is 2.08. The van der Waals surface area contributed by atoms with Gasteiger partial charge in [0.15, 0.2) is 0 Å². The van der Waals surface area contributed by atoms with E-state index in [0.29, 0.717) is 5.56 Å². The van der Waals surface area contributed by atoms with Crippen LogP contribution in [0.25, 0.3) is 0 Å². The van der Waals surface area contributed by atoms with Gasteiger partial charge in [-0.2, -0.15) is 0 Å². The number of nitrogens with zero attached hydrogens (tertiary/aromatic N) is 1. The number of aromatic carboxylic acids is 1. The molecule has 0 saturated carbocycles. The average Bonchev–Trinajstić information content (AvgIpc) is 2.43. The lowest BCUT2D eigenvalue weighted by Gasteiger charge is -2.19. The van der Waals surface area contributed by atoms with E-state index < -0.39 is 5.97 Å². The maximum absolute atomic E-state index is 10.9. The van der Waals surface area contributed by atoms with E-state index in [1.54, 1.807) is 12.1 Å². The molecule has 4 heteroatoms. The number of rotatable bonds is 5. The number of carboxylic acids is 1. The molecule has 0 spiro atoms. The van der Waals surface area contributed by atoms with Gasteiger partial charge in [-0.05, 0) is 48.9 Å². The van der Waals surface area contributed by atoms with Crippen LogP contribution in [0.2, 0.25) is 5.02 Å². The van der Waals surface area contributed by atoms with Crippen molar-refractivity contribution in [2.24, 2.45) is 0 Å². The van der Waals surface area contributed by atoms with Crippen LogP contribution >= 0.6 is 11.6 Å². The smallest absolute Gasteiger partial charge is 0.335 e. The highest BCUT2D eigenvalue weighted by Crippen LogP contribution is 2.19. The number of carboxylic acid groups (broad SMARTS) is 1. The molecule has 0 radical (unpaired) electrons. The van der Waals surface area contributed by atoms with E-state index in [9.17, 15) is 4.79 Å². The summed E-state index contributed by atoms with van der Waals surface area (Å²) in [5.41, 5.74) is 3.52. The molecular formula is C17H18ClNO2. The summed E-state index contributed by atoms with van der Waals surface area (Å²) in [5.74, 6) is -0.894. The topological polar surface area (TPSA) is 40.5 Å². The van der Waals surface area contributed by atoms with Crippen LogP contribution in [0.5, 0.6) is 0 Å². The second-order valence-corrected chi connectivity index (χ2v) is 5.62. The molecule has 0 atom stereocenters. The zero-order chi connectivity index (χ0) is 15.4. The molecule has 1 N–H and O–H groups in total. The molecule has 0 aliphatic carbocycles. The summed E-state index contributed by atoms with van der Waals surface area (Å²) in [5, 5.41) is 9.75. The standard InChI is InChI=1S/C17H18ClNO2/c1-12-9-13(17(20)21)7-8-14(12)10-19(2)11-15-5-3-4-6-16(15)18/h3-9H,10-11H2,1-2H3,(H,20,21). The SMILES string of the molecule is Cc1cc(C(=O)O)ccc1CN(C)Cc1ccccc1Cl. The van der Waals surface area contributed by atoms with Crippen molar-refractivity contribution in [3.8, 4) is 0 Å². The Morgan fingerprint density at radius 1 is 1.14 bits per heavy atom. The van der Waals surface area contributed by atoms with E-state index >= 15 is 0 Å². The van der Waals surface area contributed by atoms with Gasteiger partial charge in [0.1, 0.15) is 0 Å². The Labute approximate surface area is 129 Å². The molecule has 0 aromatic heterocycles. The minimum Gasteiger partial charge on any atom is -0.478 e. The number of carbonyl (C=O) groups is 1. The zero-order valence-electron chi connectivity index (χ0n) is 12.1. The first-order chi connectivity index (χ1) is 9.97. The molecule has 0 saturated heterocycles. The first kappa shape index (κ1) is 15.5. The zero-order valence-corrected chi connectivity index (χ0v) is 12.9. The molecule has 0 aliphatic heterocycles. The largest absolute Gasteiger partial charge is 0.478 e. The molecular weight excluding hydrogens is 286 g/mol. The highest BCUT2D eigenvalue weighted by Gasteiger charge is 2.09. The maximum Gasteiger partial charge on any atom is 0.335 e. The fourth-order valence-corrected chi connectivity index (χ4v) is 2.47. The molecule has 2 aromatic carbocycles. The van der Waals surface area contributed by atoms with Crippen molar-refractivity contribution in [3.63, 3.8) is 0 Å².